The molecule has 2 rings (SSSR count). The van der Waals surface area contributed by atoms with Crippen LogP contribution < -0.4 is 5.32 Å². The van der Waals surface area contributed by atoms with Gasteiger partial charge in [0, 0.05) is 58.8 Å². The number of nitrogens with zero attached hydrogens (tertiary/aromatic N) is 3. The minimum Gasteiger partial charge on any atom is -0.340 e. The van der Waals surface area contributed by atoms with Gasteiger partial charge in [-0.05, 0) is 5.41 Å². The molecule has 0 unspecified atom stereocenters. The number of hydrogen-bond donors (Lipinski definition) is 1. The topological polar surface area (TPSA) is 38.8 Å². The smallest absolute Gasteiger partial charge is 0.223 e. The van der Waals surface area contributed by atoms with Crippen LogP contribution in [0.15, 0.2) is 0 Å². The van der Waals surface area contributed by atoms with Crippen molar-refractivity contribution in [1.82, 2.24) is 20.0 Å². The van der Waals surface area contributed by atoms with Crippen LogP contribution in [-0.2, 0) is 4.79 Å². The molecule has 0 aromatic heterocycles. The molecule has 0 aliphatic carbocycles. The zero-order chi connectivity index (χ0) is 14.6. The second kappa shape index (κ2) is 6.87. The van der Waals surface area contributed by atoms with Crippen LogP contribution in [0.5, 0.6) is 0 Å². The summed E-state index contributed by atoms with van der Waals surface area (Å²) in [5.74, 6) is 0.319. The minimum atomic E-state index is 0.0923. The van der Waals surface area contributed by atoms with Gasteiger partial charge in [-0.15, -0.1) is 0 Å². The lowest BCUT2D eigenvalue weighted by Crippen LogP contribution is -2.54. The summed E-state index contributed by atoms with van der Waals surface area (Å²) in [7, 11) is 0. The molecule has 116 valence electrons. The Labute approximate surface area is 123 Å². The van der Waals surface area contributed by atoms with Crippen LogP contribution >= 0.6 is 0 Å². The van der Waals surface area contributed by atoms with E-state index in [1.165, 1.54) is 0 Å². The average Bonchev–Trinajstić information content (AvgIpc) is 2.39. The molecule has 2 saturated heterocycles. The van der Waals surface area contributed by atoms with Gasteiger partial charge in [0.2, 0.25) is 5.91 Å². The maximum absolute atomic E-state index is 12.2. The van der Waals surface area contributed by atoms with Crippen molar-refractivity contribution >= 4 is 5.91 Å². The van der Waals surface area contributed by atoms with Crippen molar-refractivity contribution < 1.29 is 4.79 Å². The number of amides is 1. The average molecular weight is 282 g/mol. The molecule has 5 nitrogen and oxygen atoms in total. The summed E-state index contributed by atoms with van der Waals surface area (Å²) in [5, 5.41) is 3.38. The third kappa shape index (κ3) is 5.04. The molecule has 2 aliphatic rings. The Morgan fingerprint density at radius 3 is 2.05 bits per heavy atom. The van der Waals surface area contributed by atoms with E-state index in [9.17, 15) is 4.79 Å². The van der Waals surface area contributed by atoms with Crippen LogP contribution in [-0.4, -0.2) is 79.6 Å². The number of piperazine rings is 2. The van der Waals surface area contributed by atoms with E-state index in [0.717, 1.165) is 59.0 Å². The van der Waals surface area contributed by atoms with Gasteiger partial charge in [0.1, 0.15) is 0 Å². The Hall–Kier alpha value is -0.650. The van der Waals surface area contributed by atoms with E-state index in [1.54, 1.807) is 0 Å². The van der Waals surface area contributed by atoms with Gasteiger partial charge in [0.05, 0.1) is 6.67 Å². The van der Waals surface area contributed by atoms with E-state index in [1.807, 2.05) is 4.90 Å². The quantitative estimate of drug-likeness (QED) is 0.815. The number of carbonyl (C=O) groups excluding carboxylic acids is 1. The fourth-order valence-electron chi connectivity index (χ4n) is 2.84. The van der Waals surface area contributed by atoms with Crippen molar-refractivity contribution in [1.29, 1.82) is 0 Å². The highest BCUT2D eigenvalue weighted by Gasteiger charge is 2.25. The number of carbonyl (C=O) groups is 1. The lowest BCUT2D eigenvalue weighted by atomic mass is 9.91. The monoisotopic (exact) mass is 282 g/mol. The second-order valence-corrected chi connectivity index (χ2v) is 7.25. The van der Waals surface area contributed by atoms with E-state index < -0.39 is 0 Å². The summed E-state index contributed by atoms with van der Waals surface area (Å²) in [6, 6.07) is 0. The van der Waals surface area contributed by atoms with Crippen molar-refractivity contribution in [2.45, 2.75) is 27.2 Å². The molecule has 20 heavy (non-hydrogen) atoms. The molecule has 0 aromatic rings. The highest BCUT2D eigenvalue weighted by Crippen LogP contribution is 2.20. The number of nitrogens with one attached hydrogen (secondary N) is 1. The molecule has 2 fully saturated rings. The van der Waals surface area contributed by atoms with E-state index in [4.69, 9.17) is 0 Å². The highest BCUT2D eigenvalue weighted by molar-refractivity contribution is 5.76. The van der Waals surface area contributed by atoms with Gasteiger partial charge in [-0.3, -0.25) is 14.6 Å². The Bertz CT molecular complexity index is 312. The van der Waals surface area contributed by atoms with E-state index >= 15 is 0 Å². The maximum Gasteiger partial charge on any atom is 0.223 e. The van der Waals surface area contributed by atoms with E-state index in [0.29, 0.717) is 12.3 Å². The molecule has 2 heterocycles. The van der Waals surface area contributed by atoms with Crippen molar-refractivity contribution in [3.05, 3.63) is 0 Å². The van der Waals surface area contributed by atoms with Gasteiger partial charge in [-0.1, -0.05) is 20.8 Å². The molecule has 0 spiro atoms. The summed E-state index contributed by atoms with van der Waals surface area (Å²) in [6.45, 7) is 15.7. The fourth-order valence-corrected chi connectivity index (χ4v) is 2.84. The summed E-state index contributed by atoms with van der Waals surface area (Å²) in [4.78, 5) is 19.2. The van der Waals surface area contributed by atoms with Crippen LogP contribution in [0.2, 0.25) is 0 Å². The first-order chi connectivity index (χ1) is 9.44. The van der Waals surface area contributed by atoms with Gasteiger partial charge in [-0.25, -0.2) is 0 Å². The van der Waals surface area contributed by atoms with Crippen LogP contribution in [0.3, 0.4) is 0 Å². The van der Waals surface area contributed by atoms with Gasteiger partial charge in [0.15, 0.2) is 0 Å². The molecule has 2 aliphatic heterocycles. The predicted molar refractivity (Wildman–Crippen MR) is 81.5 cm³/mol. The predicted octanol–water partition coefficient (Wildman–Crippen LogP) is 0.430. The Morgan fingerprint density at radius 1 is 0.950 bits per heavy atom. The van der Waals surface area contributed by atoms with Crippen molar-refractivity contribution in [3.8, 4) is 0 Å². The van der Waals surface area contributed by atoms with Crippen molar-refractivity contribution in [3.63, 3.8) is 0 Å². The summed E-state index contributed by atoms with van der Waals surface area (Å²) in [6.07, 6.45) is 0.658. The third-order valence-corrected chi connectivity index (χ3v) is 4.02. The first-order valence-corrected chi connectivity index (χ1v) is 7.87. The Morgan fingerprint density at radius 2 is 1.50 bits per heavy atom. The maximum atomic E-state index is 12.2. The molecule has 0 bridgehead atoms. The molecule has 1 amide bonds. The minimum absolute atomic E-state index is 0.0923. The summed E-state index contributed by atoms with van der Waals surface area (Å²) in [5.41, 5.74) is 0.0923. The molecular formula is C15H30N4O. The molecule has 1 N–H and O–H groups in total. The third-order valence-electron chi connectivity index (χ3n) is 4.02. The first kappa shape index (κ1) is 15.7. The fraction of sp³-hybridized carbons (Fsp3) is 0.933. The SMILES string of the molecule is CC(C)(C)CC(=O)N1CCN(CN2CCNCC2)CC1. The lowest BCUT2D eigenvalue weighted by Gasteiger charge is -2.39. The van der Waals surface area contributed by atoms with Gasteiger partial charge in [0.25, 0.3) is 0 Å². The normalized spacial score (nSPS) is 23.1. The van der Waals surface area contributed by atoms with Crippen molar-refractivity contribution in [2.75, 3.05) is 59.0 Å². The Balaban J connectivity index is 1.70. The van der Waals surface area contributed by atoms with Crippen LogP contribution in [0.1, 0.15) is 27.2 Å². The van der Waals surface area contributed by atoms with Crippen LogP contribution in [0, 0.1) is 5.41 Å². The van der Waals surface area contributed by atoms with Gasteiger partial charge < -0.3 is 10.2 Å². The molecule has 0 atom stereocenters. The standard InChI is InChI=1S/C15H30N4O/c1-15(2,3)12-14(20)19-10-8-18(9-11-19)13-17-6-4-16-5-7-17/h16H,4-13H2,1-3H3. The molecular weight excluding hydrogens is 252 g/mol. The van der Waals surface area contributed by atoms with E-state index in [2.05, 4.69) is 35.9 Å². The summed E-state index contributed by atoms with van der Waals surface area (Å²) >= 11 is 0. The largest absolute Gasteiger partial charge is 0.340 e. The highest BCUT2D eigenvalue weighted by atomic mass is 16.2. The van der Waals surface area contributed by atoms with Crippen LogP contribution in [0.25, 0.3) is 0 Å². The summed E-state index contributed by atoms with van der Waals surface area (Å²) < 4.78 is 0. The van der Waals surface area contributed by atoms with Gasteiger partial charge in [-0.2, -0.15) is 0 Å². The van der Waals surface area contributed by atoms with Gasteiger partial charge >= 0.3 is 0 Å². The first-order valence-electron chi connectivity index (χ1n) is 7.87. The second-order valence-electron chi connectivity index (χ2n) is 7.25. The number of hydrogen-bond acceptors (Lipinski definition) is 4. The molecule has 0 aromatic carbocycles. The van der Waals surface area contributed by atoms with Crippen molar-refractivity contribution in [2.24, 2.45) is 5.41 Å². The van der Waals surface area contributed by atoms with Crippen LogP contribution in [0.4, 0.5) is 0 Å². The molecule has 0 radical (unpaired) electrons. The zero-order valence-electron chi connectivity index (χ0n) is 13.3. The number of rotatable bonds is 3. The zero-order valence-corrected chi connectivity index (χ0v) is 13.3. The lowest BCUT2D eigenvalue weighted by molar-refractivity contribution is -0.135. The Kier molecular flexibility index (Phi) is 5.41. The molecule has 0 saturated carbocycles. The van der Waals surface area contributed by atoms with E-state index in [-0.39, 0.29) is 5.41 Å². The molecule has 5 heteroatoms.